The number of hydrogen-bond donors (Lipinski definition) is 4. The van der Waals surface area contributed by atoms with Gasteiger partial charge in [-0.3, -0.25) is 10.4 Å². The molecule has 0 unspecified atom stereocenters. The minimum atomic E-state index is -0.359. The van der Waals surface area contributed by atoms with Gasteiger partial charge in [-0.05, 0) is 0 Å². The normalized spacial score (nSPS) is 9.31. The lowest BCUT2D eigenvalue weighted by Gasteiger charge is -2.02. The van der Waals surface area contributed by atoms with Crippen LogP contribution in [0.2, 0.25) is 0 Å². The Morgan fingerprint density at radius 3 is 3.00 bits per heavy atom. The smallest absolute Gasteiger partial charge is 0.320 e. The second kappa shape index (κ2) is 3.85. The molecule has 0 radical (unpaired) electrons. The lowest BCUT2D eigenvalue weighted by Crippen LogP contribution is -2.26. The summed E-state index contributed by atoms with van der Waals surface area (Å²) in [6.45, 7) is 0. The molecule has 5 N–H and O–H groups in total. The Bertz CT molecular complexity index is 334. The van der Waals surface area contributed by atoms with E-state index in [-0.39, 0.29) is 11.0 Å². The number of carbonyl (C=O) groups is 1. The maximum atomic E-state index is 10.9. The summed E-state index contributed by atoms with van der Waals surface area (Å²) in [7, 11) is 1.51. The van der Waals surface area contributed by atoms with Crippen LogP contribution < -0.4 is 16.4 Å². The number of aromatic amines is 1. The number of nitrogens with one attached hydrogen (secondary N) is 3. The van der Waals surface area contributed by atoms with Crippen LogP contribution in [-0.4, -0.2) is 28.3 Å². The highest BCUT2D eigenvalue weighted by molar-refractivity contribution is 7.80. The average molecular weight is 199 g/mol. The largest absolute Gasteiger partial charge is 0.389 e. The van der Waals surface area contributed by atoms with Gasteiger partial charge in [-0.25, -0.2) is 4.79 Å². The van der Waals surface area contributed by atoms with Gasteiger partial charge in [0.15, 0.2) is 0 Å². The van der Waals surface area contributed by atoms with Crippen molar-refractivity contribution in [2.24, 2.45) is 5.73 Å². The van der Waals surface area contributed by atoms with Gasteiger partial charge in [0.25, 0.3) is 0 Å². The number of thiocarbonyl (C=S) groups is 1. The van der Waals surface area contributed by atoms with E-state index >= 15 is 0 Å². The van der Waals surface area contributed by atoms with E-state index < -0.39 is 0 Å². The van der Waals surface area contributed by atoms with Crippen molar-refractivity contribution >= 4 is 29.1 Å². The molecular formula is C6H9N5OS. The highest BCUT2D eigenvalue weighted by Crippen LogP contribution is 2.09. The third kappa shape index (κ3) is 2.15. The van der Waals surface area contributed by atoms with Gasteiger partial charge in [0.05, 0.1) is 11.8 Å². The first-order chi connectivity index (χ1) is 6.15. The number of anilines is 1. The molecule has 0 aromatic carbocycles. The Morgan fingerprint density at radius 2 is 2.46 bits per heavy atom. The third-order valence-corrected chi connectivity index (χ3v) is 1.59. The highest BCUT2D eigenvalue weighted by atomic mass is 32.1. The molecule has 0 aliphatic rings. The summed E-state index contributed by atoms with van der Waals surface area (Å²) in [5.41, 5.74) is 5.89. The Balaban J connectivity index is 2.82. The molecule has 0 aliphatic carbocycles. The molecule has 1 aromatic rings. The van der Waals surface area contributed by atoms with Gasteiger partial charge >= 0.3 is 6.03 Å². The summed E-state index contributed by atoms with van der Waals surface area (Å²) in [5.74, 6) is 0.395. The molecule has 13 heavy (non-hydrogen) atoms. The second-order valence-corrected chi connectivity index (χ2v) is 2.67. The first-order valence-corrected chi connectivity index (χ1v) is 3.88. The van der Waals surface area contributed by atoms with Crippen molar-refractivity contribution in [2.45, 2.75) is 0 Å². The minimum absolute atomic E-state index is 0.181. The molecule has 0 saturated carbocycles. The molecule has 0 bridgehead atoms. The van der Waals surface area contributed by atoms with Gasteiger partial charge < -0.3 is 11.1 Å². The Hall–Kier alpha value is -1.63. The summed E-state index contributed by atoms with van der Waals surface area (Å²) in [5, 5.41) is 11.1. The number of rotatable bonds is 2. The number of urea groups is 1. The molecule has 70 valence electrons. The number of hydrogen-bond acceptors (Lipinski definition) is 3. The molecule has 7 heteroatoms. The predicted molar refractivity (Wildman–Crippen MR) is 52.6 cm³/mol. The monoisotopic (exact) mass is 199 g/mol. The molecule has 6 nitrogen and oxygen atoms in total. The molecular weight excluding hydrogens is 190 g/mol. The number of carbonyl (C=O) groups excluding carboxylic acids is 1. The Morgan fingerprint density at radius 1 is 1.77 bits per heavy atom. The van der Waals surface area contributed by atoms with E-state index in [1.807, 2.05) is 0 Å². The summed E-state index contributed by atoms with van der Waals surface area (Å²) >= 11 is 4.74. The van der Waals surface area contributed by atoms with E-state index in [9.17, 15) is 4.79 Å². The fourth-order valence-corrected chi connectivity index (χ4v) is 0.899. The van der Waals surface area contributed by atoms with Crippen molar-refractivity contribution in [3.63, 3.8) is 0 Å². The van der Waals surface area contributed by atoms with Crippen molar-refractivity contribution in [3.05, 3.63) is 11.8 Å². The molecule has 1 rings (SSSR count). The number of aromatic nitrogens is 2. The number of nitrogens with two attached hydrogens (primary N) is 1. The first-order valence-electron chi connectivity index (χ1n) is 3.47. The Labute approximate surface area is 79.9 Å². The number of nitrogens with zero attached hydrogens (tertiary/aromatic N) is 1. The Kier molecular flexibility index (Phi) is 2.80. The van der Waals surface area contributed by atoms with Crippen LogP contribution in [-0.2, 0) is 0 Å². The molecule has 1 aromatic heterocycles. The van der Waals surface area contributed by atoms with Crippen LogP contribution in [0.1, 0.15) is 5.56 Å². The van der Waals surface area contributed by atoms with Crippen LogP contribution >= 0.6 is 12.2 Å². The van der Waals surface area contributed by atoms with Gasteiger partial charge in [-0.1, -0.05) is 12.2 Å². The van der Waals surface area contributed by atoms with E-state index in [4.69, 9.17) is 18.0 Å². The molecule has 0 aliphatic heterocycles. The van der Waals surface area contributed by atoms with E-state index in [0.717, 1.165) is 0 Å². The van der Waals surface area contributed by atoms with Gasteiger partial charge in [0, 0.05) is 7.05 Å². The quantitative estimate of drug-likeness (QED) is 0.496. The van der Waals surface area contributed by atoms with Crippen molar-refractivity contribution in [3.8, 4) is 0 Å². The maximum absolute atomic E-state index is 10.9. The lowest BCUT2D eigenvalue weighted by molar-refractivity contribution is 0.254. The maximum Gasteiger partial charge on any atom is 0.320 e. The SMILES string of the molecule is CNC(=O)Nc1[nH]ncc1C(N)=S. The van der Waals surface area contributed by atoms with Crippen LogP contribution in [0.5, 0.6) is 0 Å². The van der Waals surface area contributed by atoms with Gasteiger partial charge in [-0.15, -0.1) is 0 Å². The summed E-state index contributed by atoms with van der Waals surface area (Å²) in [6, 6.07) is -0.359. The predicted octanol–water partition coefficient (Wildman–Crippen LogP) is -0.205. The standard InChI is InChI=1S/C6H9N5OS/c1-8-6(12)10-5-3(4(7)13)2-9-11-5/h2H,1H3,(H2,7,13)(H3,8,9,10,11,12). The number of amides is 2. The van der Waals surface area contributed by atoms with E-state index in [1.54, 1.807) is 0 Å². The second-order valence-electron chi connectivity index (χ2n) is 2.23. The van der Waals surface area contributed by atoms with Crippen LogP contribution in [0.25, 0.3) is 0 Å². The van der Waals surface area contributed by atoms with Crippen molar-refractivity contribution < 1.29 is 4.79 Å². The zero-order valence-electron chi connectivity index (χ0n) is 6.92. The average Bonchev–Trinajstić information content (AvgIpc) is 2.52. The summed E-state index contributed by atoms with van der Waals surface area (Å²) in [6.07, 6.45) is 1.45. The van der Waals surface area contributed by atoms with Gasteiger partial charge in [0.2, 0.25) is 0 Å². The van der Waals surface area contributed by atoms with E-state index in [1.165, 1.54) is 13.2 Å². The number of H-pyrrole nitrogens is 1. The van der Waals surface area contributed by atoms with Gasteiger partial charge in [0.1, 0.15) is 10.8 Å². The lowest BCUT2D eigenvalue weighted by atomic mass is 10.3. The summed E-state index contributed by atoms with van der Waals surface area (Å²) < 4.78 is 0. The topological polar surface area (TPSA) is 95.8 Å². The van der Waals surface area contributed by atoms with Crippen LogP contribution in [0.15, 0.2) is 6.20 Å². The first kappa shape index (κ1) is 9.46. The molecule has 2 amide bonds. The van der Waals surface area contributed by atoms with Crippen LogP contribution in [0.4, 0.5) is 10.6 Å². The van der Waals surface area contributed by atoms with Crippen molar-refractivity contribution in [2.75, 3.05) is 12.4 Å². The third-order valence-electron chi connectivity index (χ3n) is 1.37. The van der Waals surface area contributed by atoms with E-state index in [0.29, 0.717) is 11.4 Å². The fraction of sp³-hybridized carbons (Fsp3) is 0.167. The van der Waals surface area contributed by atoms with Crippen molar-refractivity contribution in [1.29, 1.82) is 0 Å². The van der Waals surface area contributed by atoms with Crippen molar-refractivity contribution in [1.82, 2.24) is 15.5 Å². The summed E-state index contributed by atoms with van der Waals surface area (Å²) in [4.78, 5) is 11.1. The van der Waals surface area contributed by atoms with Crippen LogP contribution in [0, 0.1) is 0 Å². The highest BCUT2D eigenvalue weighted by Gasteiger charge is 2.09. The zero-order valence-corrected chi connectivity index (χ0v) is 7.73. The molecule has 1 heterocycles. The zero-order chi connectivity index (χ0) is 9.84. The van der Waals surface area contributed by atoms with E-state index in [2.05, 4.69) is 20.8 Å². The van der Waals surface area contributed by atoms with Gasteiger partial charge in [-0.2, -0.15) is 5.10 Å². The molecule has 0 saturated heterocycles. The molecule has 0 atom stereocenters. The molecule has 0 fully saturated rings. The minimum Gasteiger partial charge on any atom is -0.389 e. The molecule has 0 spiro atoms. The van der Waals surface area contributed by atoms with Crippen LogP contribution in [0.3, 0.4) is 0 Å². The fourth-order valence-electron chi connectivity index (χ4n) is 0.744.